The number of halogens is 2. The number of hydrogen-bond acceptors (Lipinski definition) is 5. The molecule has 0 spiro atoms. The Morgan fingerprint density at radius 3 is 2.71 bits per heavy atom. The van der Waals surface area contributed by atoms with Crippen molar-refractivity contribution < 1.29 is 4.52 Å². The normalized spacial score (nSPS) is 10.5. The van der Waals surface area contributed by atoms with Crippen molar-refractivity contribution in [3.8, 4) is 0 Å². The lowest BCUT2D eigenvalue weighted by molar-refractivity contribution is 0.379. The molecule has 0 radical (unpaired) electrons. The third kappa shape index (κ3) is 2.81. The van der Waals surface area contributed by atoms with Gasteiger partial charge in [0.1, 0.15) is 0 Å². The Labute approximate surface area is 108 Å². The van der Waals surface area contributed by atoms with Crippen molar-refractivity contribution in [1.82, 2.24) is 10.1 Å². The standard InChI is InChI=1S/C10H10Cl2N4O/c1-5-15-10(17-16-5)4-14-9-3-7(12)6(11)2-8(9)13/h2-3,14H,4,13H2,1H3. The fraction of sp³-hybridized carbons (Fsp3) is 0.200. The number of anilines is 2. The highest BCUT2D eigenvalue weighted by atomic mass is 35.5. The van der Waals surface area contributed by atoms with Crippen molar-refractivity contribution in [3.63, 3.8) is 0 Å². The first-order valence-electron chi connectivity index (χ1n) is 4.84. The molecule has 17 heavy (non-hydrogen) atoms. The molecule has 0 saturated heterocycles. The van der Waals surface area contributed by atoms with Gasteiger partial charge in [0.15, 0.2) is 5.82 Å². The third-order valence-electron chi connectivity index (χ3n) is 2.09. The molecule has 0 aliphatic heterocycles. The van der Waals surface area contributed by atoms with E-state index in [2.05, 4.69) is 15.5 Å². The first-order chi connectivity index (χ1) is 8.06. The van der Waals surface area contributed by atoms with E-state index in [0.717, 1.165) is 0 Å². The van der Waals surface area contributed by atoms with E-state index in [-0.39, 0.29) is 0 Å². The van der Waals surface area contributed by atoms with Crippen molar-refractivity contribution in [2.24, 2.45) is 0 Å². The van der Waals surface area contributed by atoms with Crippen LogP contribution in [0.4, 0.5) is 11.4 Å². The number of nitrogens with zero attached hydrogens (tertiary/aromatic N) is 2. The molecule has 2 rings (SSSR count). The van der Waals surface area contributed by atoms with Crippen molar-refractivity contribution in [2.75, 3.05) is 11.1 Å². The molecular formula is C10H10Cl2N4O. The zero-order valence-electron chi connectivity index (χ0n) is 9.00. The molecule has 90 valence electrons. The third-order valence-corrected chi connectivity index (χ3v) is 2.81. The monoisotopic (exact) mass is 272 g/mol. The molecule has 5 nitrogen and oxygen atoms in total. The number of nitrogens with one attached hydrogen (secondary N) is 1. The molecule has 1 aromatic heterocycles. The minimum atomic E-state index is 0.378. The van der Waals surface area contributed by atoms with Gasteiger partial charge in [0, 0.05) is 0 Å². The summed E-state index contributed by atoms with van der Waals surface area (Å²) < 4.78 is 4.96. The van der Waals surface area contributed by atoms with Crippen LogP contribution in [0.15, 0.2) is 16.7 Å². The van der Waals surface area contributed by atoms with E-state index in [1.165, 1.54) is 0 Å². The summed E-state index contributed by atoms with van der Waals surface area (Å²) >= 11 is 11.7. The molecule has 0 unspecified atom stereocenters. The van der Waals surface area contributed by atoms with Crippen LogP contribution in [0.5, 0.6) is 0 Å². The van der Waals surface area contributed by atoms with Crippen LogP contribution in [0.2, 0.25) is 10.0 Å². The molecule has 0 aliphatic rings. The Bertz CT molecular complexity index is 541. The SMILES string of the molecule is Cc1noc(CNc2cc(Cl)c(Cl)cc2N)n1. The number of rotatable bonds is 3. The molecule has 1 heterocycles. The van der Waals surface area contributed by atoms with Gasteiger partial charge in [-0.1, -0.05) is 28.4 Å². The van der Waals surface area contributed by atoms with Crippen molar-refractivity contribution >= 4 is 34.6 Å². The fourth-order valence-electron chi connectivity index (χ4n) is 1.30. The van der Waals surface area contributed by atoms with Gasteiger partial charge in [-0.25, -0.2) is 0 Å². The van der Waals surface area contributed by atoms with Crippen LogP contribution in [0, 0.1) is 6.92 Å². The lowest BCUT2D eigenvalue weighted by Gasteiger charge is -2.08. The predicted octanol–water partition coefficient (Wildman–Crippen LogP) is 2.88. The summed E-state index contributed by atoms with van der Waals surface area (Å²) in [6.45, 7) is 2.13. The largest absolute Gasteiger partial charge is 0.397 e. The highest BCUT2D eigenvalue weighted by molar-refractivity contribution is 6.42. The second-order valence-electron chi connectivity index (χ2n) is 3.44. The summed E-state index contributed by atoms with van der Waals surface area (Å²) in [6.07, 6.45) is 0. The number of benzene rings is 1. The molecule has 7 heteroatoms. The highest BCUT2D eigenvalue weighted by Crippen LogP contribution is 2.30. The molecule has 2 aromatic rings. The van der Waals surface area contributed by atoms with Crippen LogP contribution < -0.4 is 11.1 Å². The summed E-state index contributed by atoms with van der Waals surface area (Å²) in [7, 11) is 0. The van der Waals surface area contributed by atoms with E-state index in [1.54, 1.807) is 19.1 Å². The van der Waals surface area contributed by atoms with Crippen molar-refractivity contribution in [3.05, 3.63) is 33.9 Å². The van der Waals surface area contributed by atoms with Crippen LogP contribution >= 0.6 is 23.2 Å². The maximum Gasteiger partial charge on any atom is 0.245 e. The molecule has 0 atom stereocenters. The molecule has 0 saturated carbocycles. The van der Waals surface area contributed by atoms with E-state index in [4.69, 9.17) is 33.5 Å². The summed E-state index contributed by atoms with van der Waals surface area (Å²) in [5.74, 6) is 1.07. The molecular weight excluding hydrogens is 263 g/mol. The minimum Gasteiger partial charge on any atom is -0.397 e. The van der Waals surface area contributed by atoms with Crippen LogP contribution in [0.25, 0.3) is 0 Å². The Balaban J connectivity index is 2.11. The Kier molecular flexibility index (Phi) is 3.40. The summed E-state index contributed by atoms with van der Waals surface area (Å²) in [6, 6.07) is 3.24. The van der Waals surface area contributed by atoms with Gasteiger partial charge in [0.2, 0.25) is 5.89 Å². The molecule has 0 fully saturated rings. The molecule has 0 aliphatic carbocycles. The Morgan fingerprint density at radius 2 is 2.06 bits per heavy atom. The van der Waals surface area contributed by atoms with Gasteiger partial charge in [-0.2, -0.15) is 4.98 Å². The zero-order valence-corrected chi connectivity index (χ0v) is 10.5. The van der Waals surface area contributed by atoms with Crippen LogP contribution in [-0.2, 0) is 6.54 Å². The number of hydrogen-bond donors (Lipinski definition) is 2. The van der Waals surface area contributed by atoms with Gasteiger partial charge < -0.3 is 15.6 Å². The van der Waals surface area contributed by atoms with E-state index >= 15 is 0 Å². The Morgan fingerprint density at radius 1 is 1.35 bits per heavy atom. The summed E-state index contributed by atoms with van der Waals surface area (Å²) in [5, 5.41) is 7.58. The number of nitrogen functional groups attached to an aromatic ring is 1. The van der Waals surface area contributed by atoms with Crippen LogP contribution in [-0.4, -0.2) is 10.1 Å². The van der Waals surface area contributed by atoms with Crippen molar-refractivity contribution in [2.45, 2.75) is 13.5 Å². The van der Waals surface area contributed by atoms with Crippen molar-refractivity contribution in [1.29, 1.82) is 0 Å². The van der Waals surface area contributed by atoms with Gasteiger partial charge in [-0.05, 0) is 19.1 Å². The van der Waals surface area contributed by atoms with Gasteiger partial charge in [0.05, 0.1) is 28.0 Å². The van der Waals surface area contributed by atoms with Gasteiger partial charge >= 0.3 is 0 Å². The van der Waals surface area contributed by atoms with Crippen LogP contribution in [0.1, 0.15) is 11.7 Å². The zero-order chi connectivity index (χ0) is 12.4. The van der Waals surface area contributed by atoms with Gasteiger partial charge in [-0.3, -0.25) is 0 Å². The van der Waals surface area contributed by atoms with E-state index in [9.17, 15) is 0 Å². The maximum absolute atomic E-state index is 5.89. The Hall–Kier alpha value is -1.46. The lowest BCUT2D eigenvalue weighted by atomic mass is 10.2. The summed E-state index contributed by atoms with van der Waals surface area (Å²) in [4.78, 5) is 4.06. The smallest absolute Gasteiger partial charge is 0.245 e. The average Bonchev–Trinajstić information content (AvgIpc) is 2.68. The predicted molar refractivity (Wildman–Crippen MR) is 67.2 cm³/mol. The average molecular weight is 273 g/mol. The molecule has 0 amide bonds. The van der Waals surface area contributed by atoms with E-state index in [0.29, 0.717) is 39.7 Å². The highest BCUT2D eigenvalue weighted by Gasteiger charge is 2.07. The topological polar surface area (TPSA) is 77.0 Å². The van der Waals surface area contributed by atoms with E-state index < -0.39 is 0 Å². The number of nitrogens with two attached hydrogens (primary N) is 1. The van der Waals surface area contributed by atoms with E-state index in [1.807, 2.05) is 0 Å². The summed E-state index contributed by atoms with van der Waals surface area (Å²) in [5.41, 5.74) is 6.97. The quantitative estimate of drug-likeness (QED) is 0.841. The second-order valence-corrected chi connectivity index (χ2v) is 4.26. The minimum absolute atomic E-state index is 0.378. The number of aryl methyl sites for hydroxylation is 1. The van der Waals surface area contributed by atoms with Gasteiger partial charge in [-0.15, -0.1) is 0 Å². The first kappa shape index (κ1) is 12.0. The van der Waals surface area contributed by atoms with Crippen LogP contribution in [0.3, 0.4) is 0 Å². The molecule has 1 aromatic carbocycles. The maximum atomic E-state index is 5.89. The molecule has 3 N–H and O–H groups in total. The fourth-order valence-corrected chi connectivity index (χ4v) is 1.63. The number of aromatic nitrogens is 2. The first-order valence-corrected chi connectivity index (χ1v) is 5.59. The lowest BCUT2D eigenvalue weighted by Crippen LogP contribution is -2.03. The second kappa shape index (κ2) is 4.81. The molecule has 0 bridgehead atoms. The van der Waals surface area contributed by atoms with Gasteiger partial charge in [0.25, 0.3) is 0 Å².